The van der Waals surface area contributed by atoms with E-state index in [0.717, 1.165) is 6.07 Å². The SMILES string of the molecule is CC(C)(C)OC(=O)NC1CC(C=O)=CCC1c1cc(F)c(F)cc1F. The molecule has 7 heteroatoms. The fourth-order valence-electron chi connectivity index (χ4n) is 2.79. The number of halogens is 3. The number of ether oxygens (including phenoxy) is 1. The van der Waals surface area contributed by atoms with Gasteiger partial charge in [0.1, 0.15) is 17.7 Å². The van der Waals surface area contributed by atoms with Crippen molar-refractivity contribution in [2.24, 2.45) is 0 Å². The predicted octanol–water partition coefficient (Wildman–Crippen LogP) is 4.00. The Morgan fingerprint density at radius 1 is 1.20 bits per heavy atom. The maximum atomic E-state index is 14.1. The van der Waals surface area contributed by atoms with E-state index in [1.807, 2.05) is 0 Å². The number of hydrogen-bond acceptors (Lipinski definition) is 3. The van der Waals surface area contributed by atoms with Gasteiger partial charge in [0.2, 0.25) is 0 Å². The number of amides is 1. The molecule has 0 spiro atoms. The van der Waals surface area contributed by atoms with Crippen LogP contribution in [0, 0.1) is 17.5 Å². The average Bonchev–Trinajstić information content (AvgIpc) is 2.49. The molecule has 136 valence electrons. The quantitative estimate of drug-likeness (QED) is 0.659. The molecule has 0 saturated heterocycles. The lowest BCUT2D eigenvalue weighted by molar-refractivity contribution is -0.105. The second kappa shape index (κ2) is 7.29. The minimum atomic E-state index is -1.28. The van der Waals surface area contributed by atoms with Gasteiger partial charge in [-0.3, -0.25) is 4.79 Å². The monoisotopic (exact) mass is 355 g/mol. The molecule has 0 fully saturated rings. The van der Waals surface area contributed by atoms with Crippen LogP contribution >= 0.6 is 0 Å². The van der Waals surface area contributed by atoms with Crippen LogP contribution in [-0.2, 0) is 9.53 Å². The second-order valence-electron chi connectivity index (χ2n) is 6.98. The number of alkyl carbamates (subject to hydrolysis) is 1. The summed E-state index contributed by atoms with van der Waals surface area (Å²) >= 11 is 0. The number of nitrogens with one attached hydrogen (secondary N) is 1. The molecular formula is C18H20F3NO3. The second-order valence-corrected chi connectivity index (χ2v) is 6.98. The van der Waals surface area contributed by atoms with Gasteiger partial charge in [0.25, 0.3) is 0 Å². The molecule has 0 bridgehead atoms. The third kappa shape index (κ3) is 4.84. The lowest BCUT2D eigenvalue weighted by atomic mass is 9.80. The number of aldehydes is 1. The molecule has 2 atom stereocenters. The van der Waals surface area contributed by atoms with E-state index < -0.39 is 41.1 Å². The van der Waals surface area contributed by atoms with Crippen molar-refractivity contribution in [3.8, 4) is 0 Å². The summed E-state index contributed by atoms with van der Waals surface area (Å²) in [6.45, 7) is 5.07. The Labute approximate surface area is 144 Å². The molecule has 2 unspecified atom stereocenters. The van der Waals surface area contributed by atoms with Gasteiger partial charge in [0.05, 0.1) is 0 Å². The van der Waals surface area contributed by atoms with Gasteiger partial charge in [-0.05, 0) is 50.8 Å². The van der Waals surface area contributed by atoms with E-state index in [1.54, 1.807) is 26.8 Å². The Balaban J connectivity index is 2.30. The minimum Gasteiger partial charge on any atom is -0.444 e. The van der Waals surface area contributed by atoms with Crippen molar-refractivity contribution in [2.75, 3.05) is 0 Å². The number of rotatable bonds is 3. The van der Waals surface area contributed by atoms with E-state index in [1.165, 1.54) is 0 Å². The van der Waals surface area contributed by atoms with Gasteiger partial charge in [-0.2, -0.15) is 0 Å². The van der Waals surface area contributed by atoms with E-state index >= 15 is 0 Å². The number of carbonyl (C=O) groups excluding carboxylic acids is 2. The molecule has 0 heterocycles. The summed E-state index contributed by atoms with van der Waals surface area (Å²) in [5, 5.41) is 2.61. The Bertz CT molecular complexity index is 710. The zero-order chi connectivity index (χ0) is 18.8. The fraction of sp³-hybridized carbons (Fsp3) is 0.444. The molecule has 1 aliphatic rings. The number of allylic oxidation sites excluding steroid dienone is 1. The summed E-state index contributed by atoms with van der Waals surface area (Å²) in [6, 6.07) is 0.590. The molecule has 1 amide bonds. The molecule has 4 nitrogen and oxygen atoms in total. The van der Waals surface area contributed by atoms with Crippen LogP contribution in [0.4, 0.5) is 18.0 Å². The smallest absolute Gasteiger partial charge is 0.407 e. The molecule has 1 aromatic carbocycles. The summed E-state index contributed by atoms with van der Waals surface area (Å²) < 4.78 is 46.0. The van der Waals surface area contributed by atoms with Crippen molar-refractivity contribution in [2.45, 2.75) is 51.2 Å². The van der Waals surface area contributed by atoms with Crippen LogP contribution in [0.2, 0.25) is 0 Å². The lowest BCUT2D eigenvalue weighted by Gasteiger charge is -2.32. The van der Waals surface area contributed by atoms with Crippen molar-refractivity contribution in [1.82, 2.24) is 5.32 Å². The largest absolute Gasteiger partial charge is 0.444 e. The van der Waals surface area contributed by atoms with Gasteiger partial charge in [-0.1, -0.05) is 6.08 Å². The fourth-order valence-corrected chi connectivity index (χ4v) is 2.79. The molecule has 1 aliphatic carbocycles. The van der Waals surface area contributed by atoms with E-state index in [9.17, 15) is 22.8 Å². The zero-order valence-corrected chi connectivity index (χ0v) is 14.2. The minimum absolute atomic E-state index is 0.0545. The van der Waals surface area contributed by atoms with Crippen LogP contribution in [0.5, 0.6) is 0 Å². The van der Waals surface area contributed by atoms with Crippen LogP contribution in [0.3, 0.4) is 0 Å². The van der Waals surface area contributed by atoms with Gasteiger partial charge in [0, 0.05) is 18.0 Å². The molecule has 1 N–H and O–H groups in total. The molecule has 0 aromatic heterocycles. The molecule has 0 radical (unpaired) electrons. The van der Waals surface area contributed by atoms with Crippen molar-refractivity contribution in [3.05, 3.63) is 46.8 Å². The Morgan fingerprint density at radius 2 is 1.84 bits per heavy atom. The highest BCUT2D eigenvalue weighted by atomic mass is 19.2. The van der Waals surface area contributed by atoms with Gasteiger partial charge < -0.3 is 10.1 Å². The number of benzene rings is 1. The van der Waals surface area contributed by atoms with Gasteiger partial charge in [-0.25, -0.2) is 18.0 Å². The van der Waals surface area contributed by atoms with Gasteiger partial charge in [0.15, 0.2) is 11.6 Å². The highest BCUT2D eigenvalue weighted by Gasteiger charge is 2.32. The number of carbonyl (C=O) groups is 2. The third-order valence-corrected chi connectivity index (χ3v) is 3.87. The molecule has 0 aliphatic heterocycles. The molecule has 1 aromatic rings. The van der Waals surface area contributed by atoms with E-state index in [-0.39, 0.29) is 18.4 Å². The van der Waals surface area contributed by atoms with Crippen LogP contribution in [0.15, 0.2) is 23.8 Å². The first-order chi connectivity index (χ1) is 11.6. The van der Waals surface area contributed by atoms with Crippen molar-refractivity contribution < 1.29 is 27.5 Å². The third-order valence-electron chi connectivity index (χ3n) is 3.87. The lowest BCUT2D eigenvalue weighted by Crippen LogP contribution is -2.43. The summed E-state index contributed by atoms with van der Waals surface area (Å²) in [6.07, 6.45) is 1.88. The first kappa shape index (κ1) is 19.0. The van der Waals surface area contributed by atoms with E-state index in [0.29, 0.717) is 17.9 Å². The Morgan fingerprint density at radius 3 is 2.44 bits per heavy atom. The van der Waals surface area contributed by atoms with Crippen LogP contribution in [0.1, 0.15) is 45.1 Å². The first-order valence-corrected chi connectivity index (χ1v) is 7.89. The van der Waals surface area contributed by atoms with Crippen molar-refractivity contribution in [1.29, 1.82) is 0 Å². The van der Waals surface area contributed by atoms with Crippen LogP contribution in [0.25, 0.3) is 0 Å². The van der Waals surface area contributed by atoms with Gasteiger partial charge in [-0.15, -0.1) is 0 Å². The maximum Gasteiger partial charge on any atom is 0.407 e. The normalized spacial score (nSPS) is 20.6. The topological polar surface area (TPSA) is 55.4 Å². The van der Waals surface area contributed by atoms with Crippen LogP contribution in [-0.4, -0.2) is 24.0 Å². The van der Waals surface area contributed by atoms with Crippen molar-refractivity contribution in [3.63, 3.8) is 0 Å². The van der Waals surface area contributed by atoms with E-state index in [4.69, 9.17) is 4.74 Å². The Hall–Kier alpha value is -2.31. The highest BCUT2D eigenvalue weighted by molar-refractivity contribution is 5.74. The average molecular weight is 355 g/mol. The molecule has 25 heavy (non-hydrogen) atoms. The van der Waals surface area contributed by atoms with Crippen LogP contribution < -0.4 is 5.32 Å². The maximum absolute atomic E-state index is 14.1. The zero-order valence-electron chi connectivity index (χ0n) is 14.2. The molecule has 0 saturated carbocycles. The Kier molecular flexibility index (Phi) is 5.55. The van der Waals surface area contributed by atoms with E-state index in [2.05, 4.69) is 5.32 Å². The standard InChI is InChI=1S/C18H20F3NO3/c1-18(2,3)25-17(24)22-16-6-10(9-23)4-5-11(16)12-7-14(20)15(21)8-13(12)19/h4,7-9,11,16H,5-6H2,1-3H3,(H,22,24). The summed E-state index contributed by atoms with van der Waals surface area (Å²) in [5.74, 6) is -4.00. The highest BCUT2D eigenvalue weighted by Crippen LogP contribution is 2.34. The first-order valence-electron chi connectivity index (χ1n) is 7.89. The predicted molar refractivity (Wildman–Crippen MR) is 85.6 cm³/mol. The molecule has 2 rings (SSSR count). The van der Waals surface area contributed by atoms with Crippen molar-refractivity contribution >= 4 is 12.4 Å². The van der Waals surface area contributed by atoms with Gasteiger partial charge >= 0.3 is 6.09 Å². The summed E-state index contributed by atoms with van der Waals surface area (Å²) in [7, 11) is 0. The number of hydrogen-bond donors (Lipinski definition) is 1. The summed E-state index contributed by atoms with van der Waals surface area (Å²) in [5.41, 5.74) is -0.341. The summed E-state index contributed by atoms with van der Waals surface area (Å²) in [4.78, 5) is 23.1. The molecular weight excluding hydrogens is 335 g/mol.